The molecule has 0 radical (unpaired) electrons. The maximum Gasteiger partial charge on any atom is 0.350 e. The predicted molar refractivity (Wildman–Crippen MR) is 48.5 cm³/mol. The van der Waals surface area contributed by atoms with E-state index in [1.54, 1.807) is 6.08 Å². The Labute approximate surface area is 82.1 Å². The van der Waals surface area contributed by atoms with Crippen molar-refractivity contribution in [2.75, 3.05) is 19.8 Å². The molecule has 1 atom stereocenters. The minimum absolute atomic E-state index is 0.194. The van der Waals surface area contributed by atoms with E-state index in [1.807, 2.05) is 0 Å². The lowest BCUT2D eigenvalue weighted by atomic mass is 10.5. The second-order valence-corrected chi connectivity index (χ2v) is 2.63. The zero-order chi connectivity index (χ0) is 10.1. The number of aliphatic hydroxyl groups is 1. The van der Waals surface area contributed by atoms with Crippen LogP contribution < -0.4 is 0 Å². The van der Waals surface area contributed by atoms with Gasteiger partial charge in [0.2, 0.25) is 5.56 Å². The Morgan fingerprint density at radius 1 is 1.62 bits per heavy atom. The molecular formula is C8H13ClO4. The van der Waals surface area contributed by atoms with Crippen LogP contribution in [0.4, 0.5) is 0 Å². The van der Waals surface area contributed by atoms with Crippen LogP contribution in [0.2, 0.25) is 0 Å². The molecule has 0 aliphatic rings. The summed E-state index contributed by atoms with van der Waals surface area (Å²) in [7, 11) is 0. The smallest absolute Gasteiger partial charge is 0.350 e. The number of aliphatic hydroxyl groups excluding tert-OH is 1. The highest BCUT2D eigenvalue weighted by molar-refractivity contribution is 6.28. The van der Waals surface area contributed by atoms with Crippen molar-refractivity contribution in [1.82, 2.24) is 0 Å². The molecule has 0 bridgehead atoms. The molecule has 1 unspecified atom stereocenters. The van der Waals surface area contributed by atoms with Crippen molar-refractivity contribution in [2.24, 2.45) is 0 Å². The van der Waals surface area contributed by atoms with E-state index in [4.69, 9.17) is 21.4 Å². The molecule has 1 N–H and O–H groups in total. The summed E-state index contributed by atoms with van der Waals surface area (Å²) in [5.41, 5.74) is -1.57. The molecule has 13 heavy (non-hydrogen) atoms. The summed E-state index contributed by atoms with van der Waals surface area (Å²) in [6.45, 7) is 4.63. The Morgan fingerprint density at radius 3 is 2.85 bits per heavy atom. The number of carbonyl (C=O) groups excluding carboxylic acids is 1. The van der Waals surface area contributed by atoms with Crippen molar-refractivity contribution in [3.8, 4) is 0 Å². The first-order chi connectivity index (χ1) is 6.18. The van der Waals surface area contributed by atoms with Gasteiger partial charge in [0.25, 0.3) is 0 Å². The fraction of sp³-hybridized carbons (Fsp3) is 0.625. The third-order valence-electron chi connectivity index (χ3n) is 1.11. The average Bonchev–Trinajstić information content (AvgIpc) is 2.10. The molecule has 0 aromatic carbocycles. The van der Waals surface area contributed by atoms with Crippen molar-refractivity contribution < 1.29 is 19.4 Å². The highest BCUT2D eigenvalue weighted by Gasteiger charge is 2.11. The van der Waals surface area contributed by atoms with Crippen molar-refractivity contribution >= 4 is 17.6 Å². The summed E-state index contributed by atoms with van der Waals surface area (Å²) in [5, 5.41) is 8.51. The fourth-order valence-corrected chi connectivity index (χ4v) is 0.632. The van der Waals surface area contributed by atoms with Gasteiger partial charge in [0.15, 0.2) is 0 Å². The van der Waals surface area contributed by atoms with Crippen molar-refractivity contribution in [1.29, 1.82) is 0 Å². The van der Waals surface area contributed by atoms with Gasteiger partial charge in [0, 0.05) is 6.42 Å². The Balaban J connectivity index is 3.16. The number of alkyl halides is 1. The summed E-state index contributed by atoms with van der Waals surface area (Å²) in [6.07, 6.45) is 2.21. The van der Waals surface area contributed by atoms with Crippen LogP contribution >= 0.6 is 11.6 Å². The quantitative estimate of drug-likeness (QED) is 0.289. The number of hydrogen-bond acceptors (Lipinski definition) is 4. The minimum Gasteiger partial charge on any atom is -0.463 e. The summed E-state index contributed by atoms with van der Waals surface area (Å²) >= 11 is 5.03. The van der Waals surface area contributed by atoms with Crippen LogP contribution in [0.15, 0.2) is 12.7 Å². The minimum atomic E-state index is -1.57. The highest BCUT2D eigenvalue weighted by atomic mass is 35.5. The molecule has 0 saturated heterocycles. The van der Waals surface area contributed by atoms with Gasteiger partial charge in [0.1, 0.15) is 0 Å². The topological polar surface area (TPSA) is 55.8 Å². The predicted octanol–water partition coefficient (Wildman–Crippen LogP) is 0.679. The third-order valence-corrected chi connectivity index (χ3v) is 1.29. The molecule has 0 heterocycles. The number of ether oxygens (including phenoxy) is 2. The van der Waals surface area contributed by atoms with Gasteiger partial charge in [-0.3, -0.25) is 0 Å². The number of hydrogen-bond donors (Lipinski definition) is 1. The standard InChI is InChI=1S/C8H13ClO4/c1-2-4-12-5-3-6-13-8(11)7(9)10/h2,7,10H,1,3-6H2. The summed E-state index contributed by atoms with van der Waals surface area (Å²) < 4.78 is 9.58. The Kier molecular flexibility index (Phi) is 7.68. The second kappa shape index (κ2) is 8.04. The number of rotatable bonds is 7. The molecule has 4 nitrogen and oxygen atoms in total. The van der Waals surface area contributed by atoms with E-state index in [1.165, 1.54) is 0 Å². The molecule has 0 aliphatic heterocycles. The fourth-order valence-electron chi connectivity index (χ4n) is 0.569. The summed E-state index contributed by atoms with van der Waals surface area (Å²) in [6, 6.07) is 0. The van der Waals surface area contributed by atoms with Gasteiger partial charge in [-0.15, -0.1) is 6.58 Å². The Hall–Kier alpha value is -0.580. The van der Waals surface area contributed by atoms with Crippen LogP contribution in [0.25, 0.3) is 0 Å². The van der Waals surface area contributed by atoms with Gasteiger partial charge in [-0.25, -0.2) is 4.79 Å². The molecule has 0 aromatic rings. The average molecular weight is 209 g/mol. The highest BCUT2D eigenvalue weighted by Crippen LogP contribution is 1.94. The molecule has 0 fully saturated rings. The Bertz CT molecular complexity index is 158. The first-order valence-corrected chi connectivity index (χ1v) is 4.29. The lowest BCUT2D eigenvalue weighted by Crippen LogP contribution is -2.18. The van der Waals surface area contributed by atoms with Gasteiger partial charge in [0.05, 0.1) is 19.8 Å². The monoisotopic (exact) mass is 208 g/mol. The van der Waals surface area contributed by atoms with Crippen LogP contribution in [-0.2, 0) is 14.3 Å². The van der Waals surface area contributed by atoms with Crippen LogP contribution in [0, 0.1) is 0 Å². The molecule has 76 valence electrons. The second-order valence-electron chi connectivity index (χ2n) is 2.22. The zero-order valence-corrected chi connectivity index (χ0v) is 8.00. The molecule has 0 aliphatic carbocycles. The van der Waals surface area contributed by atoms with Crippen molar-refractivity contribution in [3.05, 3.63) is 12.7 Å². The first kappa shape index (κ1) is 12.4. The number of carbonyl (C=O) groups is 1. The summed E-state index contributed by atoms with van der Waals surface area (Å²) in [5.74, 6) is -0.828. The van der Waals surface area contributed by atoms with Crippen LogP contribution in [0.5, 0.6) is 0 Å². The molecule has 0 spiro atoms. The number of halogens is 1. The first-order valence-electron chi connectivity index (χ1n) is 3.86. The van der Waals surface area contributed by atoms with E-state index in [0.29, 0.717) is 19.6 Å². The van der Waals surface area contributed by atoms with Gasteiger partial charge in [-0.2, -0.15) is 0 Å². The molecule has 0 amide bonds. The van der Waals surface area contributed by atoms with Crippen molar-refractivity contribution in [2.45, 2.75) is 12.0 Å². The van der Waals surface area contributed by atoms with E-state index in [9.17, 15) is 4.79 Å². The largest absolute Gasteiger partial charge is 0.463 e. The van der Waals surface area contributed by atoms with Crippen LogP contribution in [0.1, 0.15) is 6.42 Å². The van der Waals surface area contributed by atoms with Gasteiger partial charge in [-0.05, 0) is 0 Å². The maximum absolute atomic E-state index is 10.6. The maximum atomic E-state index is 10.6. The lowest BCUT2D eigenvalue weighted by Gasteiger charge is -2.04. The van der Waals surface area contributed by atoms with E-state index in [2.05, 4.69) is 11.3 Å². The van der Waals surface area contributed by atoms with Gasteiger partial charge < -0.3 is 14.6 Å². The Morgan fingerprint density at radius 2 is 2.31 bits per heavy atom. The van der Waals surface area contributed by atoms with Gasteiger partial charge in [-0.1, -0.05) is 17.7 Å². The lowest BCUT2D eigenvalue weighted by molar-refractivity contribution is -0.149. The van der Waals surface area contributed by atoms with E-state index >= 15 is 0 Å². The SMILES string of the molecule is C=CCOCCCOC(=O)C(O)Cl. The molecular weight excluding hydrogens is 196 g/mol. The van der Waals surface area contributed by atoms with E-state index < -0.39 is 11.5 Å². The van der Waals surface area contributed by atoms with Gasteiger partial charge >= 0.3 is 5.97 Å². The van der Waals surface area contributed by atoms with E-state index in [0.717, 1.165) is 0 Å². The van der Waals surface area contributed by atoms with Crippen LogP contribution in [0.3, 0.4) is 0 Å². The molecule has 0 saturated carbocycles. The molecule has 0 rings (SSSR count). The van der Waals surface area contributed by atoms with E-state index in [-0.39, 0.29) is 6.61 Å². The number of esters is 1. The van der Waals surface area contributed by atoms with Crippen LogP contribution in [-0.4, -0.2) is 36.5 Å². The molecule has 0 aromatic heterocycles. The summed E-state index contributed by atoms with van der Waals surface area (Å²) in [4.78, 5) is 10.6. The molecule has 5 heteroatoms. The normalized spacial score (nSPS) is 12.2. The third kappa shape index (κ3) is 7.77. The zero-order valence-electron chi connectivity index (χ0n) is 7.24. The van der Waals surface area contributed by atoms with Crippen molar-refractivity contribution in [3.63, 3.8) is 0 Å².